The highest BCUT2D eigenvalue weighted by Crippen LogP contribution is 2.38. The van der Waals surface area contributed by atoms with Crippen LogP contribution >= 0.6 is 0 Å². The summed E-state index contributed by atoms with van der Waals surface area (Å²) in [4.78, 5) is 19.0. The molecule has 138 valence electrons. The number of hydrogen-bond donors (Lipinski definition) is 1. The first-order valence-electron chi connectivity index (χ1n) is 8.78. The number of nitrogens with one attached hydrogen (secondary N) is 1. The summed E-state index contributed by atoms with van der Waals surface area (Å²) in [5, 5.41) is 6.93. The Morgan fingerprint density at radius 3 is 2.88 bits per heavy atom. The van der Waals surface area contributed by atoms with Crippen LogP contribution in [0.4, 0.5) is 0 Å². The van der Waals surface area contributed by atoms with E-state index in [-0.39, 0.29) is 12.7 Å². The van der Waals surface area contributed by atoms with Crippen molar-refractivity contribution in [3.8, 4) is 11.5 Å². The Morgan fingerprint density at radius 2 is 2.12 bits per heavy atom. The summed E-state index contributed by atoms with van der Waals surface area (Å²) in [5.41, 5.74) is 0.854. The van der Waals surface area contributed by atoms with Gasteiger partial charge in [-0.3, -0.25) is 9.69 Å². The molecular formula is C18H22N4O4. The highest BCUT2D eigenvalue weighted by atomic mass is 16.7. The molecule has 1 aliphatic heterocycles. The van der Waals surface area contributed by atoms with Gasteiger partial charge in [-0.2, -0.15) is 4.98 Å². The fourth-order valence-corrected chi connectivity index (χ4v) is 3.03. The summed E-state index contributed by atoms with van der Waals surface area (Å²) in [7, 11) is 3.74. The number of carbonyl (C=O) groups excluding carboxylic acids is 1. The molecule has 2 aromatic rings. The second kappa shape index (κ2) is 6.95. The average molecular weight is 358 g/mol. The molecule has 0 unspecified atom stereocenters. The first-order valence-corrected chi connectivity index (χ1v) is 8.78. The van der Waals surface area contributed by atoms with Crippen LogP contribution in [0.1, 0.15) is 42.1 Å². The van der Waals surface area contributed by atoms with Crippen molar-refractivity contribution in [1.82, 2.24) is 20.4 Å². The summed E-state index contributed by atoms with van der Waals surface area (Å²) in [6, 6.07) is 5.16. The lowest BCUT2D eigenvalue weighted by Crippen LogP contribution is -2.38. The van der Waals surface area contributed by atoms with E-state index in [1.807, 2.05) is 37.2 Å². The number of rotatable bonds is 7. The van der Waals surface area contributed by atoms with Crippen LogP contribution in [-0.4, -0.2) is 48.4 Å². The Morgan fingerprint density at radius 1 is 1.31 bits per heavy atom. The molecule has 2 aliphatic rings. The van der Waals surface area contributed by atoms with Crippen molar-refractivity contribution >= 4 is 5.91 Å². The van der Waals surface area contributed by atoms with E-state index >= 15 is 0 Å². The van der Waals surface area contributed by atoms with Gasteiger partial charge in [0.25, 0.3) is 0 Å². The lowest BCUT2D eigenvalue weighted by atomic mass is 10.0. The maximum atomic E-state index is 12.7. The highest BCUT2D eigenvalue weighted by Gasteiger charge is 2.29. The second-order valence-electron chi connectivity index (χ2n) is 6.84. The lowest BCUT2D eigenvalue weighted by Gasteiger charge is -2.24. The largest absolute Gasteiger partial charge is 0.454 e. The third-order valence-corrected chi connectivity index (χ3v) is 4.54. The Hall–Kier alpha value is -2.61. The number of benzene rings is 1. The number of nitrogens with zero attached hydrogens (tertiary/aromatic N) is 3. The van der Waals surface area contributed by atoms with Gasteiger partial charge in [-0.15, -0.1) is 0 Å². The summed E-state index contributed by atoms with van der Waals surface area (Å²) in [6.07, 6.45) is 2.79. The number of likely N-dealkylation sites (N-methyl/N-ethyl adjacent to an activating group) is 1. The Bertz CT molecular complexity index is 800. The fraction of sp³-hybridized carbons (Fsp3) is 0.500. The van der Waals surface area contributed by atoms with Gasteiger partial charge in [-0.05, 0) is 44.6 Å². The molecule has 0 spiro atoms. The molecule has 0 bridgehead atoms. The van der Waals surface area contributed by atoms with E-state index in [4.69, 9.17) is 14.0 Å². The number of hydrogen-bond acceptors (Lipinski definition) is 7. The molecule has 1 N–H and O–H groups in total. The number of fused-ring (bicyclic) bond motifs is 1. The smallest absolute Gasteiger partial charge is 0.241 e. The van der Waals surface area contributed by atoms with E-state index < -0.39 is 6.04 Å². The standard InChI is InChI=1S/C18H22N4O4/c1-22(2)16(12-5-6-13-14(9-12)25-10-24-13)17(23)19-8-7-15-20-18(26-21-15)11-3-4-11/h5-6,9,11,16H,3-4,7-8,10H2,1-2H3,(H,19,23)/t16-/m1/s1. The summed E-state index contributed by atoms with van der Waals surface area (Å²) >= 11 is 0. The number of ether oxygens (including phenoxy) is 2. The molecule has 1 amide bonds. The first kappa shape index (κ1) is 16.8. The first-order chi connectivity index (χ1) is 12.6. The molecule has 0 radical (unpaired) electrons. The predicted octanol–water partition coefficient (Wildman–Crippen LogP) is 1.64. The average Bonchev–Trinajstić information content (AvgIpc) is 3.16. The lowest BCUT2D eigenvalue weighted by molar-refractivity contribution is -0.125. The molecule has 0 saturated heterocycles. The van der Waals surface area contributed by atoms with Crippen LogP contribution in [0.3, 0.4) is 0 Å². The number of amides is 1. The molecular weight excluding hydrogens is 336 g/mol. The molecule has 1 aromatic heterocycles. The van der Waals surface area contributed by atoms with Gasteiger partial charge in [0.05, 0.1) is 0 Å². The Kier molecular flexibility index (Phi) is 4.50. The molecule has 2 heterocycles. The number of carbonyl (C=O) groups is 1. The van der Waals surface area contributed by atoms with Gasteiger partial charge in [-0.1, -0.05) is 11.2 Å². The van der Waals surface area contributed by atoms with E-state index in [0.717, 1.165) is 24.3 Å². The van der Waals surface area contributed by atoms with Gasteiger partial charge in [-0.25, -0.2) is 0 Å². The normalized spacial score (nSPS) is 16.7. The van der Waals surface area contributed by atoms with Crippen molar-refractivity contribution < 1.29 is 18.8 Å². The highest BCUT2D eigenvalue weighted by molar-refractivity contribution is 5.83. The van der Waals surface area contributed by atoms with Gasteiger partial charge in [0, 0.05) is 18.9 Å². The van der Waals surface area contributed by atoms with Crippen molar-refractivity contribution in [2.75, 3.05) is 27.4 Å². The third-order valence-electron chi connectivity index (χ3n) is 4.54. The van der Waals surface area contributed by atoms with Crippen molar-refractivity contribution in [1.29, 1.82) is 0 Å². The molecule has 1 fully saturated rings. The summed E-state index contributed by atoms with van der Waals surface area (Å²) in [5.74, 6) is 3.08. The maximum absolute atomic E-state index is 12.7. The molecule has 26 heavy (non-hydrogen) atoms. The van der Waals surface area contributed by atoms with E-state index in [2.05, 4.69) is 15.5 Å². The Labute approximate surface area is 151 Å². The minimum absolute atomic E-state index is 0.0835. The molecule has 8 heteroatoms. The quantitative estimate of drug-likeness (QED) is 0.805. The molecule has 1 aromatic carbocycles. The molecule has 1 atom stereocenters. The van der Waals surface area contributed by atoms with Gasteiger partial charge >= 0.3 is 0 Å². The zero-order valence-electron chi connectivity index (χ0n) is 14.9. The van der Waals surface area contributed by atoms with Gasteiger partial charge in [0.2, 0.25) is 18.6 Å². The van der Waals surface area contributed by atoms with Gasteiger partial charge in [0.15, 0.2) is 17.3 Å². The van der Waals surface area contributed by atoms with Crippen LogP contribution in [0.25, 0.3) is 0 Å². The predicted molar refractivity (Wildman–Crippen MR) is 92.0 cm³/mol. The zero-order valence-corrected chi connectivity index (χ0v) is 14.9. The SMILES string of the molecule is CN(C)[C@@H](C(=O)NCCc1noc(C2CC2)n1)c1ccc2c(c1)OCO2. The molecule has 1 aliphatic carbocycles. The van der Waals surface area contributed by atoms with Crippen molar-refractivity contribution in [2.45, 2.75) is 31.2 Å². The summed E-state index contributed by atoms with van der Waals surface area (Å²) in [6.45, 7) is 0.669. The van der Waals surface area contributed by atoms with Crippen LogP contribution in [0.2, 0.25) is 0 Å². The van der Waals surface area contributed by atoms with Gasteiger partial charge < -0.3 is 19.3 Å². The molecule has 4 rings (SSSR count). The minimum Gasteiger partial charge on any atom is -0.454 e. The third kappa shape index (κ3) is 3.50. The monoisotopic (exact) mass is 358 g/mol. The van der Waals surface area contributed by atoms with Crippen molar-refractivity contribution in [2.24, 2.45) is 0 Å². The van der Waals surface area contributed by atoms with Crippen LogP contribution in [-0.2, 0) is 11.2 Å². The van der Waals surface area contributed by atoms with Crippen molar-refractivity contribution in [3.63, 3.8) is 0 Å². The van der Waals surface area contributed by atoms with Crippen LogP contribution in [0.15, 0.2) is 22.7 Å². The zero-order chi connectivity index (χ0) is 18.1. The Balaban J connectivity index is 1.37. The van der Waals surface area contributed by atoms with E-state index in [9.17, 15) is 4.79 Å². The van der Waals surface area contributed by atoms with E-state index in [1.54, 1.807) is 0 Å². The number of aromatic nitrogens is 2. The maximum Gasteiger partial charge on any atom is 0.241 e. The van der Waals surface area contributed by atoms with Crippen LogP contribution in [0, 0.1) is 0 Å². The summed E-state index contributed by atoms with van der Waals surface area (Å²) < 4.78 is 16.0. The van der Waals surface area contributed by atoms with E-state index in [0.29, 0.717) is 36.2 Å². The van der Waals surface area contributed by atoms with Crippen LogP contribution in [0.5, 0.6) is 11.5 Å². The van der Waals surface area contributed by atoms with Crippen LogP contribution < -0.4 is 14.8 Å². The minimum atomic E-state index is -0.420. The van der Waals surface area contributed by atoms with Crippen molar-refractivity contribution in [3.05, 3.63) is 35.5 Å². The van der Waals surface area contributed by atoms with E-state index in [1.165, 1.54) is 0 Å². The molecule has 8 nitrogen and oxygen atoms in total. The van der Waals surface area contributed by atoms with Gasteiger partial charge in [0.1, 0.15) is 6.04 Å². The second-order valence-corrected chi connectivity index (χ2v) is 6.84. The molecule has 1 saturated carbocycles. The topological polar surface area (TPSA) is 89.7 Å². The fourth-order valence-electron chi connectivity index (χ4n) is 3.03.